The van der Waals surface area contributed by atoms with Gasteiger partial charge in [0, 0.05) is 5.92 Å². The maximum atomic E-state index is 10.8. The van der Waals surface area contributed by atoms with E-state index in [1.165, 1.54) is 0 Å². The molecule has 2 fully saturated rings. The van der Waals surface area contributed by atoms with Gasteiger partial charge in [0.15, 0.2) is 0 Å². The Morgan fingerprint density at radius 3 is 2.89 bits per heavy atom. The minimum atomic E-state index is -0.444. The Balaban J connectivity index is 2.23. The molecule has 3 heteroatoms. The van der Waals surface area contributed by atoms with Gasteiger partial charge in [-0.25, -0.2) is 0 Å². The molecular weight excluding hydrogens is 120 g/mol. The summed E-state index contributed by atoms with van der Waals surface area (Å²) >= 11 is 0. The largest absolute Gasteiger partial charge is 0.465 e. The number of rotatable bonds is 1. The number of carbonyl (C=O) groups excluding carboxylic acids is 1. The lowest BCUT2D eigenvalue weighted by molar-refractivity contribution is -0.146. The van der Waals surface area contributed by atoms with E-state index in [9.17, 15) is 4.79 Å². The quantitative estimate of drug-likeness (QED) is 0.486. The van der Waals surface area contributed by atoms with Crippen LogP contribution in [0.3, 0.4) is 0 Å². The Hall–Kier alpha value is -0.570. The molecule has 1 heterocycles. The molecule has 3 nitrogen and oxygen atoms in total. The second-order valence-electron chi connectivity index (χ2n) is 2.81. The molecule has 1 aliphatic heterocycles. The van der Waals surface area contributed by atoms with E-state index in [1.54, 1.807) is 0 Å². The molecule has 50 valence electrons. The Bertz CT molecular complexity index is 162. The summed E-state index contributed by atoms with van der Waals surface area (Å²) in [6.07, 6.45) is 0.836. The summed E-state index contributed by atoms with van der Waals surface area (Å²) in [7, 11) is 0. The summed E-state index contributed by atoms with van der Waals surface area (Å²) < 4.78 is 4.71. The highest BCUT2D eigenvalue weighted by atomic mass is 16.5. The van der Waals surface area contributed by atoms with Crippen LogP contribution in [0, 0.1) is 11.3 Å². The SMILES string of the molecule is O=C1OCC2CC12CO. The zero-order chi connectivity index (χ0) is 6.48. The van der Waals surface area contributed by atoms with Gasteiger partial charge in [0.2, 0.25) is 0 Å². The lowest BCUT2D eigenvalue weighted by atomic mass is 10.1. The number of aliphatic hydroxyl groups excluding tert-OH is 1. The van der Waals surface area contributed by atoms with E-state index >= 15 is 0 Å². The molecule has 1 saturated heterocycles. The predicted octanol–water partition coefficient (Wildman–Crippen LogP) is -0.458. The Morgan fingerprint density at radius 2 is 2.67 bits per heavy atom. The maximum absolute atomic E-state index is 10.8. The lowest BCUT2D eigenvalue weighted by Crippen LogP contribution is -2.17. The highest BCUT2D eigenvalue weighted by molar-refractivity contribution is 5.83. The molecular formula is C6H8O3. The van der Waals surface area contributed by atoms with Crippen molar-refractivity contribution in [1.82, 2.24) is 0 Å². The van der Waals surface area contributed by atoms with Gasteiger partial charge in [-0.1, -0.05) is 0 Å². The van der Waals surface area contributed by atoms with E-state index < -0.39 is 5.41 Å². The third kappa shape index (κ3) is 0.435. The number of ether oxygens (including phenoxy) is 1. The van der Waals surface area contributed by atoms with Gasteiger partial charge in [0.25, 0.3) is 0 Å². The van der Waals surface area contributed by atoms with Gasteiger partial charge in [-0.05, 0) is 6.42 Å². The fraction of sp³-hybridized carbons (Fsp3) is 0.833. The van der Waals surface area contributed by atoms with Crippen molar-refractivity contribution in [1.29, 1.82) is 0 Å². The molecule has 1 N–H and O–H groups in total. The molecule has 1 aliphatic carbocycles. The fourth-order valence-corrected chi connectivity index (χ4v) is 1.43. The summed E-state index contributed by atoms with van der Waals surface area (Å²) in [6.45, 7) is 0.496. The summed E-state index contributed by atoms with van der Waals surface area (Å²) in [6, 6.07) is 0. The normalized spacial score (nSPS) is 46.3. The van der Waals surface area contributed by atoms with Crippen molar-refractivity contribution in [3.8, 4) is 0 Å². The molecule has 2 aliphatic rings. The number of carbonyl (C=O) groups is 1. The number of cyclic esters (lactones) is 1. The second-order valence-corrected chi connectivity index (χ2v) is 2.81. The van der Waals surface area contributed by atoms with Crippen LogP contribution in [0.15, 0.2) is 0 Å². The van der Waals surface area contributed by atoms with E-state index in [4.69, 9.17) is 9.84 Å². The fourth-order valence-electron chi connectivity index (χ4n) is 1.43. The topological polar surface area (TPSA) is 46.5 Å². The van der Waals surface area contributed by atoms with Gasteiger partial charge in [0.1, 0.15) is 0 Å². The van der Waals surface area contributed by atoms with Crippen molar-refractivity contribution >= 4 is 5.97 Å². The first kappa shape index (κ1) is 5.23. The highest BCUT2D eigenvalue weighted by Gasteiger charge is 2.65. The smallest absolute Gasteiger partial charge is 0.314 e. The third-order valence-corrected chi connectivity index (χ3v) is 2.34. The first-order chi connectivity index (χ1) is 4.29. The lowest BCUT2D eigenvalue weighted by Gasteiger charge is -2.01. The van der Waals surface area contributed by atoms with Gasteiger partial charge >= 0.3 is 5.97 Å². The van der Waals surface area contributed by atoms with Gasteiger partial charge in [-0.15, -0.1) is 0 Å². The van der Waals surface area contributed by atoms with Crippen LogP contribution in [0.2, 0.25) is 0 Å². The first-order valence-corrected chi connectivity index (χ1v) is 3.08. The molecule has 2 rings (SSSR count). The molecule has 0 radical (unpaired) electrons. The summed E-state index contributed by atoms with van der Waals surface area (Å²) in [5.41, 5.74) is -0.444. The zero-order valence-electron chi connectivity index (χ0n) is 4.96. The summed E-state index contributed by atoms with van der Waals surface area (Å²) in [5.74, 6) is 0.130. The van der Waals surface area contributed by atoms with E-state index in [1.807, 2.05) is 0 Å². The Kier molecular flexibility index (Phi) is 0.750. The van der Waals surface area contributed by atoms with Crippen molar-refractivity contribution in [3.05, 3.63) is 0 Å². The van der Waals surface area contributed by atoms with Crippen LogP contribution in [-0.2, 0) is 9.53 Å². The van der Waals surface area contributed by atoms with Crippen LogP contribution >= 0.6 is 0 Å². The van der Waals surface area contributed by atoms with Crippen molar-refractivity contribution in [2.75, 3.05) is 13.2 Å². The van der Waals surface area contributed by atoms with Crippen molar-refractivity contribution in [2.45, 2.75) is 6.42 Å². The zero-order valence-corrected chi connectivity index (χ0v) is 4.96. The van der Waals surface area contributed by atoms with Crippen molar-refractivity contribution in [3.63, 3.8) is 0 Å². The predicted molar refractivity (Wildman–Crippen MR) is 28.6 cm³/mol. The second kappa shape index (κ2) is 1.29. The maximum Gasteiger partial charge on any atom is 0.314 e. The Morgan fingerprint density at radius 1 is 1.89 bits per heavy atom. The number of hydrogen-bond acceptors (Lipinski definition) is 3. The average molecular weight is 128 g/mol. The van der Waals surface area contributed by atoms with E-state index in [0.717, 1.165) is 6.42 Å². The molecule has 1 saturated carbocycles. The number of fused-ring (bicyclic) bond motifs is 1. The van der Waals surface area contributed by atoms with E-state index in [0.29, 0.717) is 12.5 Å². The monoisotopic (exact) mass is 128 g/mol. The molecule has 9 heavy (non-hydrogen) atoms. The van der Waals surface area contributed by atoms with E-state index in [-0.39, 0.29) is 12.6 Å². The molecule has 2 atom stereocenters. The molecule has 0 aromatic heterocycles. The average Bonchev–Trinajstić information content (AvgIpc) is 2.52. The third-order valence-electron chi connectivity index (χ3n) is 2.34. The standard InChI is InChI=1S/C6H8O3/c7-3-6-1-4(6)2-9-5(6)8/h4,7H,1-3H2. The number of aliphatic hydroxyl groups is 1. The molecule has 2 unspecified atom stereocenters. The summed E-state index contributed by atoms with van der Waals surface area (Å²) in [5, 5.41) is 8.74. The van der Waals surface area contributed by atoms with Crippen LogP contribution in [0.4, 0.5) is 0 Å². The van der Waals surface area contributed by atoms with Gasteiger partial charge in [0.05, 0.1) is 18.6 Å². The first-order valence-electron chi connectivity index (χ1n) is 3.08. The molecule has 0 amide bonds. The van der Waals surface area contributed by atoms with Crippen molar-refractivity contribution in [2.24, 2.45) is 11.3 Å². The minimum absolute atomic E-state index is 0.0312. The van der Waals surface area contributed by atoms with Crippen LogP contribution < -0.4 is 0 Å². The molecule has 0 aromatic rings. The van der Waals surface area contributed by atoms with Crippen LogP contribution in [0.1, 0.15) is 6.42 Å². The highest BCUT2D eigenvalue weighted by Crippen LogP contribution is 2.57. The van der Waals surface area contributed by atoms with Crippen LogP contribution in [0.25, 0.3) is 0 Å². The summed E-state index contributed by atoms with van der Waals surface area (Å²) in [4.78, 5) is 10.8. The van der Waals surface area contributed by atoms with Gasteiger partial charge in [-0.3, -0.25) is 4.79 Å². The Labute approximate surface area is 52.6 Å². The number of hydrogen-bond donors (Lipinski definition) is 1. The molecule has 0 bridgehead atoms. The van der Waals surface area contributed by atoms with E-state index in [2.05, 4.69) is 0 Å². The molecule has 0 aromatic carbocycles. The number of esters is 1. The van der Waals surface area contributed by atoms with Crippen molar-refractivity contribution < 1.29 is 14.6 Å². The molecule has 0 spiro atoms. The van der Waals surface area contributed by atoms with Gasteiger partial charge < -0.3 is 9.84 Å². The minimum Gasteiger partial charge on any atom is -0.465 e. The van der Waals surface area contributed by atoms with Gasteiger partial charge in [-0.2, -0.15) is 0 Å². The van der Waals surface area contributed by atoms with Crippen LogP contribution in [0.5, 0.6) is 0 Å². The van der Waals surface area contributed by atoms with Crippen LogP contribution in [-0.4, -0.2) is 24.3 Å².